The summed E-state index contributed by atoms with van der Waals surface area (Å²) in [5.41, 5.74) is 6.61. The molecule has 4 nitrogen and oxygen atoms in total. The van der Waals surface area contributed by atoms with Gasteiger partial charge in [0.15, 0.2) is 0 Å². The van der Waals surface area contributed by atoms with Crippen molar-refractivity contribution >= 4 is 23.1 Å². The number of imide groups is 1. The van der Waals surface area contributed by atoms with Crippen molar-refractivity contribution in [3.63, 3.8) is 0 Å². The van der Waals surface area contributed by atoms with Gasteiger partial charge in [-0.3, -0.25) is 14.5 Å². The highest BCUT2D eigenvalue weighted by molar-refractivity contribution is 6.36. The van der Waals surface area contributed by atoms with Gasteiger partial charge in [-0.2, -0.15) is 0 Å². The zero-order chi connectivity index (χ0) is 19.7. The van der Waals surface area contributed by atoms with Crippen LogP contribution in [0.25, 0.3) is 5.57 Å². The van der Waals surface area contributed by atoms with E-state index in [0.29, 0.717) is 11.3 Å². The second kappa shape index (κ2) is 7.23. The number of nitrogens with zero attached hydrogens (tertiary/aromatic N) is 1. The van der Waals surface area contributed by atoms with Crippen LogP contribution in [-0.2, 0) is 9.59 Å². The quantitative estimate of drug-likeness (QED) is 0.639. The van der Waals surface area contributed by atoms with E-state index in [1.54, 1.807) is 6.08 Å². The van der Waals surface area contributed by atoms with Crippen molar-refractivity contribution in [2.45, 2.75) is 27.7 Å². The lowest BCUT2D eigenvalue weighted by Gasteiger charge is -2.13. The van der Waals surface area contributed by atoms with Crippen LogP contribution in [0.15, 0.2) is 54.8 Å². The normalized spacial score (nSPS) is 14.1. The highest BCUT2D eigenvalue weighted by Gasteiger charge is 2.38. The van der Waals surface area contributed by atoms with Crippen LogP contribution in [-0.4, -0.2) is 23.3 Å². The molecule has 0 aromatic heterocycles. The lowest BCUT2D eigenvalue weighted by molar-refractivity contribution is -0.136. The second-order valence-electron chi connectivity index (χ2n) is 7.00. The highest BCUT2D eigenvalue weighted by atomic mass is 16.2. The SMILES string of the molecule is C=CCN1C(=O)C(Nc2cc(C)ccc2C)=C(c2ccc(C)c(C)c2)C1=O. The number of nitrogens with one attached hydrogen (secondary N) is 1. The smallest absolute Gasteiger partial charge is 0.278 e. The van der Waals surface area contributed by atoms with Gasteiger partial charge in [-0.1, -0.05) is 36.4 Å². The number of amides is 2. The van der Waals surface area contributed by atoms with Gasteiger partial charge < -0.3 is 5.32 Å². The largest absolute Gasteiger partial charge is 0.350 e. The Morgan fingerprint density at radius 3 is 2.30 bits per heavy atom. The van der Waals surface area contributed by atoms with Crippen molar-refractivity contribution < 1.29 is 9.59 Å². The number of aryl methyl sites for hydroxylation is 4. The number of rotatable bonds is 5. The lowest BCUT2D eigenvalue weighted by atomic mass is 9.99. The Balaban J connectivity index is 2.15. The minimum atomic E-state index is -0.325. The third-order valence-electron chi connectivity index (χ3n) is 4.93. The summed E-state index contributed by atoms with van der Waals surface area (Å²) in [6, 6.07) is 11.8. The molecule has 0 radical (unpaired) electrons. The van der Waals surface area contributed by atoms with Gasteiger partial charge >= 0.3 is 0 Å². The fraction of sp³-hybridized carbons (Fsp3) is 0.217. The van der Waals surface area contributed by atoms with Gasteiger partial charge in [-0.15, -0.1) is 6.58 Å². The molecule has 2 amide bonds. The molecule has 0 bridgehead atoms. The molecule has 0 fully saturated rings. The van der Waals surface area contributed by atoms with Gasteiger partial charge in [0.25, 0.3) is 11.8 Å². The molecular weight excluding hydrogens is 336 g/mol. The summed E-state index contributed by atoms with van der Waals surface area (Å²) in [5.74, 6) is -0.620. The van der Waals surface area contributed by atoms with E-state index in [4.69, 9.17) is 0 Å². The predicted octanol–water partition coefficient (Wildman–Crippen LogP) is 4.30. The Kier molecular flexibility index (Phi) is 5.00. The number of hydrogen-bond donors (Lipinski definition) is 1. The molecule has 4 heteroatoms. The predicted molar refractivity (Wildman–Crippen MR) is 109 cm³/mol. The monoisotopic (exact) mass is 360 g/mol. The summed E-state index contributed by atoms with van der Waals surface area (Å²) in [4.78, 5) is 27.2. The van der Waals surface area contributed by atoms with Gasteiger partial charge in [0, 0.05) is 12.2 Å². The summed E-state index contributed by atoms with van der Waals surface area (Å²) >= 11 is 0. The first-order chi connectivity index (χ1) is 12.8. The molecule has 0 atom stereocenters. The molecule has 0 spiro atoms. The van der Waals surface area contributed by atoms with Crippen LogP contribution in [0.3, 0.4) is 0 Å². The average Bonchev–Trinajstić information content (AvgIpc) is 2.85. The van der Waals surface area contributed by atoms with E-state index in [1.165, 1.54) is 4.90 Å². The zero-order valence-electron chi connectivity index (χ0n) is 16.2. The molecule has 2 aromatic carbocycles. The van der Waals surface area contributed by atoms with E-state index in [9.17, 15) is 9.59 Å². The summed E-state index contributed by atoms with van der Waals surface area (Å²) in [6.45, 7) is 11.8. The van der Waals surface area contributed by atoms with Crippen molar-refractivity contribution in [3.8, 4) is 0 Å². The first-order valence-electron chi connectivity index (χ1n) is 8.96. The molecule has 0 aliphatic carbocycles. The fourth-order valence-corrected chi connectivity index (χ4v) is 3.16. The average molecular weight is 360 g/mol. The Hall–Kier alpha value is -3.14. The van der Waals surface area contributed by atoms with E-state index in [2.05, 4.69) is 11.9 Å². The van der Waals surface area contributed by atoms with E-state index in [1.807, 2.05) is 64.1 Å². The van der Waals surface area contributed by atoms with Crippen LogP contribution in [0.4, 0.5) is 5.69 Å². The maximum absolute atomic E-state index is 13.0. The third-order valence-corrected chi connectivity index (χ3v) is 4.93. The molecule has 2 aromatic rings. The van der Waals surface area contributed by atoms with Crippen LogP contribution in [0.2, 0.25) is 0 Å². The molecule has 1 N–H and O–H groups in total. The molecule has 1 aliphatic rings. The van der Waals surface area contributed by atoms with Crippen molar-refractivity contribution in [2.75, 3.05) is 11.9 Å². The zero-order valence-corrected chi connectivity index (χ0v) is 16.2. The summed E-state index contributed by atoms with van der Waals surface area (Å²) in [7, 11) is 0. The van der Waals surface area contributed by atoms with Crippen LogP contribution < -0.4 is 5.32 Å². The minimum absolute atomic E-state index is 0.185. The number of hydrogen-bond acceptors (Lipinski definition) is 3. The van der Waals surface area contributed by atoms with Gasteiger partial charge in [-0.05, 0) is 61.6 Å². The van der Waals surface area contributed by atoms with Gasteiger partial charge in [0.1, 0.15) is 5.70 Å². The van der Waals surface area contributed by atoms with Gasteiger partial charge in [0.05, 0.1) is 5.57 Å². The lowest BCUT2D eigenvalue weighted by Crippen LogP contribution is -2.32. The number of carbonyl (C=O) groups excluding carboxylic acids is 2. The molecule has 3 rings (SSSR count). The number of carbonyl (C=O) groups is 2. The van der Waals surface area contributed by atoms with E-state index in [0.717, 1.165) is 33.5 Å². The summed E-state index contributed by atoms with van der Waals surface area (Å²) < 4.78 is 0. The van der Waals surface area contributed by atoms with E-state index < -0.39 is 0 Å². The minimum Gasteiger partial charge on any atom is -0.350 e. The van der Waals surface area contributed by atoms with Crippen molar-refractivity contribution in [1.29, 1.82) is 0 Å². The van der Waals surface area contributed by atoms with Gasteiger partial charge in [0.2, 0.25) is 0 Å². The van der Waals surface area contributed by atoms with Crippen LogP contribution in [0.5, 0.6) is 0 Å². The van der Waals surface area contributed by atoms with E-state index >= 15 is 0 Å². The molecule has 138 valence electrons. The maximum atomic E-state index is 13.0. The molecule has 0 unspecified atom stereocenters. The van der Waals surface area contributed by atoms with Crippen LogP contribution in [0.1, 0.15) is 27.8 Å². The standard InChI is InChI=1S/C23H24N2O2/c1-6-11-25-22(26)20(18-10-9-15(3)17(5)13-18)21(23(25)27)24-19-12-14(2)7-8-16(19)4/h6-10,12-13,24H,1,11H2,2-5H3. The molecule has 1 heterocycles. The Bertz CT molecular complexity index is 986. The number of anilines is 1. The Morgan fingerprint density at radius 2 is 1.63 bits per heavy atom. The van der Waals surface area contributed by atoms with Crippen LogP contribution >= 0.6 is 0 Å². The summed E-state index contributed by atoms with van der Waals surface area (Å²) in [5, 5.41) is 3.23. The van der Waals surface area contributed by atoms with Crippen molar-refractivity contribution in [1.82, 2.24) is 4.90 Å². The molecular formula is C23H24N2O2. The third kappa shape index (κ3) is 3.43. The first kappa shape index (κ1) is 18.6. The van der Waals surface area contributed by atoms with Gasteiger partial charge in [-0.25, -0.2) is 0 Å². The maximum Gasteiger partial charge on any atom is 0.278 e. The van der Waals surface area contributed by atoms with Crippen molar-refractivity contribution in [3.05, 3.63) is 82.6 Å². The highest BCUT2D eigenvalue weighted by Crippen LogP contribution is 2.32. The molecule has 0 saturated heterocycles. The first-order valence-corrected chi connectivity index (χ1v) is 8.96. The topological polar surface area (TPSA) is 49.4 Å². The van der Waals surface area contributed by atoms with E-state index in [-0.39, 0.29) is 18.4 Å². The Labute approximate surface area is 160 Å². The molecule has 1 aliphatic heterocycles. The molecule has 0 saturated carbocycles. The summed E-state index contributed by atoms with van der Waals surface area (Å²) in [6.07, 6.45) is 1.56. The number of benzene rings is 2. The van der Waals surface area contributed by atoms with Crippen molar-refractivity contribution in [2.24, 2.45) is 0 Å². The molecule has 27 heavy (non-hydrogen) atoms. The second-order valence-corrected chi connectivity index (χ2v) is 7.00. The van der Waals surface area contributed by atoms with Crippen LogP contribution in [0, 0.1) is 27.7 Å². The Morgan fingerprint density at radius 1 is 0.926 bits per heavy atom. The fourth-order valence-electron chi connectivity index (χ4n) is 3.16.